The average Bonchev–Trinajstić information content (AvgIpc) is 3.08. The van der Waals surface area contributed by atoms with Gasteiger partial charge in [-0.2, -0.15) is 0 Å². The maximum Gasteiger partial charge on any atom is 0.252 e. The fourth-order valence-corrected chi connectivity index (χ4v) is 4.46. The summed E-state index contributed by atoms with van der Waals surface area (Å²) in [6.45, 7) is 5.60. The molecule has 1 unspecified atom stereocenters. The first-order chi connectivity index (χ1) is 13.9. The van der Waals surface area contributed by atoms with Crippen molar-refractivity contribution in [3.8, 4) is 5.75 Å². The van der Waals surface area contributed by atoms with Crippen molar-refractivity contribution in [2.75, 3.05) is 12.4 Å². The molecular weight excluding hydrogens is 386 g/mol. The van der Waals surface area contributed by atoms with E-state index in [0.717, 1.165) is 26.7 Å². The minimum atomic E-state index is -0.740. The van der Waals surface area contributed by atoms with Crippen molar-refractivity contribution in [1.29, 1.82) is 0 Å². The summed E-state index contributed by atoms with van der Waals surface area (Å²) in [7, 11) is 1.56. The number of amides is 1. The lowest BCUT2D eigenvalue weighted by molar-refractivity contribution is -0.118. The molecule has 0 saturated carbocycles. The first kappa shape index (κ1) is 19.1. The first-order valence-corrected chi connectivity index (χ1v) is 10.1. The number of anilines is 1. The molecule has 1 atom stereocenters. The lowest BCUT2D eigenvalue weighted by Crippen LogP contribution is -2.32. The number of carbonyl (C=O) groups is 1. The Bertz CT molecular complexity index is 1310. The second kappa shape index (κ2) is 7.33. The van der Waals surface area contributed by atoms with Crippen molar-refractivity contribution in [1.82, 2.24) is 9.55 Å². The van der Waals surface area contributed by atoms with Gasteiger partial charge in [-0.1, -0.05) is 29.5 Å². The highest BCUT2D eigenvalue weighted by Crippen LogP contribution is 2.30. The summed E-state index contributed by atoms with van der Waals surface area (Å²) in [4.78, 5) is 30.3. The highest BCUT2D eigenvalue weighted by molar-refractivity contribution is 7.22. The zero-order valence-corrected chi connectivity index (χ0v) is 17.5. The first-order valence-electron chi connectivity index (χ1n) is 9.26. The number of hydrogen-bond donors (Lipinski definition) is 1. The van der Waals surface area contributed by atoms with Crippen LogP contribution in [-0.4, -0.2) is 22.6 Å². The van der Waals surface area contributed by atoms with Gasteiger partial charge >= 0.3 is 0 Å². The third-order valence-corrected chi connectivity index (χ3v) is 5.94. The molecule has 0 saturated heterocycles. The van der Waals surface area contributed by atoms with Crippen molar-refractivity contribution in [3.63, 3.8) is 0 Å². The predicted octanol–water partition coefficient (Wildman–Crippen LogP) is 4.44. The van der Waals surface area contributed by atoms with E-state index in [-0.39, 0.29) is 11.5 Å². The van der Waals surface area contributed by atoms with Gasteiger partial charge in [0.25, 0.3) is 5.56 Å². The number of aryl methyl sites for hydroxylation is 2. The van der Waals surface area contributed by atoms with Crippen molar-refractivity contribution < 1.29 is 9.53 Å². The third-order valence-electron chi connectivity index (χ3n) is 5.00. The number of hydrogen-bond acceptors (Lipinski definition) is 5. The smallest absolute Gasteiger partial charge is 0.252 e. The number of para-hydroxylation sites is 1. The molecule has 0 aliphatic rings. The SMILES string of the molecule is COc1cccc2c(C)cc(=O)n(C(C)C(=O)Nc3nc4ccc(C)cc4s3)c12. The number of fused-ring (bicyclic) bond motifs is 2. The van der Waals surface area contributed by atoms with Crippen molar-refractivity contribution in [2.45, 2.75) is 26.8 Å². The van der Waals surface area contributed by atoms with Crippen molar-refractivity contribution in [3.05, 3.63) is 63.9 Å². The molecule has 1 amide bonds. The topological polar surface area (TPSA) is 73.2 Å². The summed E-state index contributed by atoms with van der Waals surface area (Å²) in [5.74, 6) is 0.248. The Hall–Kier alpha value is -3.19. The number of pyridine rings is 1. The Labute approximate surface area is 171 Å². The number of methoxy groups -OCH3 is 1. The van der Waals surface area contributed by atoms with Crippen LogP contribution in [0.2, 0.25) is 0 Å². The van der Waals surface area contributed by atoms with E-state index < -0.39 is 6.04 Å². The van der Waals surface area contributed by atoms with E-state index in [0.29, 0.717) is 16.4 Å². The minimum Gasteiger partial charge on any atom is -0.495 e. The third kappa shape index (κ3) is 3.38. The van der Waals surface area contributed by atoms with Gasteiger partial charge in [0.1, 0.15) is 11.8 Å². The second-order valence-electron chi connectivity index (χ2n) is 7.05. The van der Waals surface area contributed by atoms with Crippen LogP contribution >= 0.6 is 11.3 Å². The summed E-state index contributed by atoms with van der Waals surface area (Å²) < 4.78 is 7.96. The minimum absolute atomic E-state index is 0.248. The molecule has 148 valence electrons. The molecule has 7 heteroatoms. The van der Waals surface area contributed by atoms with E-state index >= 15 is 0 Å². The highest BCUT2D eigenvalue weighted by atomic mass is 32.1. The predicted molar refractivity (Wildman–Crippen MR) is 117 cm³/mol. The van der Waals surface area contributed by atoms with Crippen molar-refractivity contribution in [2.24, 2.45) is 0 Å². The van der Waals surface area contributed by atoms with E-state index in [2.05, 4.69) is 10.3 Å². The Kier molecular flexibility index (Phi) is 4.84. The number of nitrogens with one attached hydrogen (secondary N) is 1. The molecule has 6 nitrogen and oxygen atoms in total. The molecule has 0 radical (unpaired) electrons. The molecule has 1 N–H and O–H groups in total. The molecule has 0 fully saturated rings. The van der Waals surface area contributed by atoms with Gasteiger partial charge < -0.3 is 10.1 Å². The lowest BCUT2D eigenvalue weighted by atomic mass is 10.1. The monoisotopic (exact) mass is 407 g/mol. The number of thiazole rings is 1. The van der Waals surface area contributed by atoms with Crippen LogP contribution in [-0.2, 0) is 4.79 Å². The molecule has 2 heterocycles. The van der Waals surface area contributed by atoms with Crippen molar-refractivity contribution >= 4 is 43.5 Å². The van der Waals surface area contributed by atoms with E-state index in [1.54, 1.807) is 26.2 Å². The van der Waals surface area contributed by atoms with Crippen LogP contribution in [0.3, 0.4) is 0 Å². The number of rotatable bonds is 4. The molecule has 4 rings (SSSR count). The van der Waals surface area contributed by atoms with Crippen LogP contribution in [0.5, 0.6) is 5.75 Å². The standard InChI is InChI=1S/C22H21N3O3S/c1-12-8-9-16-18(10-12)29-22(23-16)24-21(27)14(3)25-19(26)11-13(2)15-6-5-7-17(28-4)20(15)25/h5-11,14H,1-4H3,(H,23,24,27). The van der Waals surface area contributed by atoms with E-state index in [9.17, 15) is 9.59 Å². The van der Waals surface area contributed by atoms with Gasteiger partial charge in [0.2, 0.25) is 5.91 Å². The van der Waals surface area contributed by atoms with Gasteiger partial charge in [-0.15, -0.1) is 0 Å². The number of benzene rings is 2. The molecular formula is C22H21N3O3S. The van der Waals surface area contributed by atoms with Gasteiger partial charge in [0.15, 0.2) is 5.13 Å². The largest absolute Gasteiger partial charge is 0.495 e. The molecule has 29 heavy (non-hydrogen) atoms. The Morgan fingerprint density at radius 3 is 2.76 bits per heavy atom. The molecule has 2 aromatic heterocycles. The number of ether oxygens (including phenoxy) is 1. The Morgan fingerprint density at radius 1 is 1.21 bits per heavy atom. The van der Waals surface area contributed by atoms with Crippen LogP contribution in [0.15, 0.2) is 47.3 Å². The number of nitrogens with zero attached hydrogens (tertiary/aromatic N) is 2. The zero-order chi connectivity index (χ0) is 20.7. The van der Waals surface area contributed by atoms with Gasteiger partial charge in [-0.05, 0) is 50.1 Å². The van der Waals surface area contributed by atoms with Crippen LogP contribution in [0.4, 0.5) is 5.13 Å². The number of carbonyl (C=O) groups excluding carboxylic acids is 1. The summed E-state index contributed by atoms with van der Waals surface area (Å²) in [5.41, 5.74) is 3.18. The van der Waals surface area contributed by atoms with E-state index in [1.165, 1.54) is 15.9 Å². The second-order valence-corrected chi connectivity index (χ2v) is 8.08. The van der Waals surface area contributed by atoms with E-state index in [1.807, 2.05) is 44.2 Å². The normalized spacial score (nSPS) is 12.3. The molecule has 0 spiro atoms. The Morgan fingerprint density at radius 2 is 2.00 bits per heavy atom. The molecule has 0 aliphatic carbocycles. The highest BCUT2D eigenvalue weighted by Gasteiger charge is 2.22. The lowest BCUT2D eigenvalue weighted by Gasteiger charge is -2.19. The number of aromatic nitrogens is 2. The fourth-order valence-electron chi connectivity index (χ4n) is 3.49. The zero-order valence-electron chi connectivity index (χ0n) is 16.6. The van der Waals surface area contributed by atoms with Crippen LogP contribution in [0, 0.1) is 13.8 Å². The van der Waals surface area contributed by atoms with Gasteiger partial charge in [-0.3, -0.25) is 14.2 Å². The molecule has 0 aliphatic heterocycles. The average molecular weight is 407 g/mol. The van der Waals surface area contributed by atoms with Gasteiger partial charge in [-0.25, -0.2) is 4.98 Å². The van der Waals surface area contributed by atoms with Crippen LogP contribution < -0.4 is 15.6 Å². The van der Waals surface area contributed by atoms with Gasteiger partial charge in [0, 0.05) is 11.5 Å². The van der Waals surface area contributed by atoms with Crippen LogP contribution in [0.25, 0.3) is 21.1 Å². The van der Waals surface area contributed by atoms with Crippen LogP contribution in [0.1, 0.15) is 24.1 Å². The molecule has 2 aromatic carbocycles. The fraction of sp³-hybridized carbons (Fsp3) is 0.227. The maximum atomic E-state index is 13.0. The summed E-state index contributed by atoms with van der Waals surface area (Å²) >= 11 is 1.42. The Balaban J connectivity index is 1.75. The summed E-state index contributed by atoms with van der Waals surface area (Å²) in [5, 5.41) is 4.25. The quantitative estimate of drug-likeness (QED) is 0.543. The summed E-state index contributed by atoms with van der Waals surface area (Å²) in [6.07, 6.45) is 0. The maximum absolute atomic E-state index is 13.0. The molecule has 0 bridgehead atoms. The van der Waals surface area contributed by atoms with E-state index in [4.69, 9.17) is 4.74 Å². The molecule has 4 aromatic rings. The van der Waals surface area contributed by atoms with Gasteiger partial charge in [0.05, 0.1) is 22.8 Å². The summed E-state index contributed by atoms with van der Waals surface area (Å²) in [6, 6.07) is 12.3.